The van der Waals surface area contributed by atoms with Crippen LogP contribution >= 0.6 is 0 Å². The number of benzene rings is 2. The zero-order valence-electron chi connectivity index (χ0n) is 15.8. The summed E-state index contributed by atoms with van der Waals surface area (Å²) >= 11 is 0. The van der Waals surface area contributed by atoms with Crippen molar-refractivity contribution in [3.8, 4) is 5.75 Å². The third-order valence-electron chi connectivity index (χ3n) is 3.88. The van der Waals surface area contributed by atoms with E-state index < -0.39 is 45.5 Å². The fraction of sp³-hybridized carbons (Fsp3) is 0.263. The van der Waals surface area contributed by atoms with Gasteiger partial charge in [-0.1, -0.05) is 12.1 Å². The summed E-state index contributed by atoms with van der Waals surface area (Å²) in [5.41, 5.74) is 0.486. The molecule has 0 aliphatic rings. The van der Waals surface area contributed by atoms with Crippen LogP contribution in [0.2, 0.25) is 0 Å². The lowest BCUT2D eigenvalue weighted by Crippen LogP contribution is -2.42. The van der Waals surface area contributed by atoms with E-state index in [0.29, 0.717) is 5.56 Å². The lowest BCUT2D eigenvalue weighted by atomic mass is 10.1. The molecule has 1 atom stereocenters. The number of hydrogen-bond acceptors (Lipinski definition) is 5. The fourth-order valence-electron chi connectivity index (χ4n) is 2.54. The molecule has 0 unspecified atom stereocenters. The molecule has 30 heavy (non-hydrogen) atoms. The highest BCUT2D eigenvalue weighted by Crippen LogP contribution is 2.26. The first-order chi connectivity index (χ1) is 13.8. The Kier molecular flexibility index (Phi) is 6.86. The molecule has 0 spiro atoms. The van der Waals surface area contributed by atoms with Gasteiger partial charge < -0.3 is 10.1 Å². The highest BCUT2D eigenvalue weighted by molar-refractivity contribution is 7.91. The molecule has 1 amide bonds. The molecule has 0 fully saturated rings. The Hall–Kier alpha value is -2.95. The number of esters is 1. The molecule has 1 N–H and O–H groups in total. The fourth-order valence-corrected chi connectivity index (χ4v) is 3.81. The van der Waals surface area contributed by atoms with Gasteiger partial charge in [0, 0.05) is 13.0 Å². The monoisotopic (exact) mass is 447 g/mol. The first-order valence-electron chi connectivity index (χ1n) is 8.50. The molecule has 2 aromatic rings. The molecule has 0 aromatic heterocycles. The predicted molar refractivity (Wildman–Crippen MR) is 97.0 cm³/mol. The number of nitrogens with one attached hydrogen (secondary N) is 1. The van der Waals surface area contributed by atoms with E-state index in [2.05, 4.69) is 4.74 Å². The van der Waals surface area contributed by atoms with Gasteiger partial charge in [0.25, 0.3) is 0 Å². The Morgan fingerprint density at radius 2 is 1.63 bits per heavy atom. The summed E-state index contributed by atoms with van der Waals surface area (Å²) in [6.45, 7) is 2.45. The lowest BCUT2D eigenvalue weighted by Gasteiger charge is -2.15. The van der Waals surface area contributed by atoms with Crippen LogP contribution < -0.4 is 10.1 Å². The van der Waals surface area contributed by atoms with E-state index >= 15 is 0 Å². The van der Waals surface area contributed by atoms with Crippen molar-refractivity contribution in [1.29, 1.82) is 0 Å². The average molecular weight is 447 g/mol. The smallest absolute Gasteiger partial charge is 0.424 e. The third kappa shape index (κ3) is 5.78. The Labute approximate surface area is 169 Å². The number of amides is 1. The van der Waals surface area contributed by atoms with Crippen LogP contribution in [0.1, 0.15) is 19.4 Å². The molecule has 0 heterocycles. The maximum absolute atomic E-state index is 14.0. The van der Waals surface area contributed by atoms with Crippen molar-refractivity contribution in [2.75, 3.05) is 0 Å². The van der Waals surface area contributed by atoms with E-state index in [9.17, 15) is 35.6 Å². The number of carbonyl (C=O) groups is 2. The second-order valence-electron chi connectivity index (χ2n) is 6.41. The number of halogens is 4. The van der Waals surface area contributed by atoms with Gasteiger partial charge in [0.05, 0.1) is 9.79 Å². The van der Waals surface area contributed by atoms with Crippen LogP contribution in [0.15, 0.2) is 52.3 Å². The van der Waals surface area contributed by atoms with E-state index in [1.165, 1.54) is 31.2 Å². The maximum Gasteiger partial charge on any atom is 0.471 e. The third-order valence-corrected chi connectivity index (χ3v) is 5.65. The number of alkyl halides is 3. The van der Waals surface area contributed by atoms with Gasteiger partial charge in [0.2, 0.25) is 9.84 Å². The second kappa shape index (κ2) is 8.82. The topological polar surface area (TPSA) is 89.5 Å². The second-order valence-corrected chi connectivity index (χ2v) is 8.36. The molecule has 11 heteroatoms. The normalized spacial score (nSPS) is 12.9. The molecule has 0 aliphatic heterocycles. The number of rotatable bonds is 6. The van der Waals surface area contributed by atoms with Crippen LogP contribution in [0.3, 0.4) is 0 Å². The summed E-state index contributed by atoms with van der Waals surface area (Å²) in [7, 11) is -4.09. The Morgan fingerprint density at radius 1 is 1.07 bits per heavy atom. The summed E-state index contributed by atoms with van der Waals surface area (Å²) in [4.78, 5) is 21.3. The van der Waals surface area contributed by atoms with Crippen LogP contribution in [-0.2, 0) is 25.8 Å². The molecule has 2 aromatic carbocycles. The van der Waals surface area contributed by atoms with Crippen LogP contribution in [0.5, 0.6) is 5.75 Å². The number of carbonyl (C=O) groups excluding carboxylic acids is 2. The van der Waals surface area contributed by atoms with Crippen molar-refractivity contribution < 1.29 is 40.3 Å². The van der Waals surface area contributed by atoms with Crippen molar-refractivity contribution in [2.24, 2.45) is 0 Å². The minimum atomic E-state index is -4.99. The van der Waals surface area contributed by atoms with Crippen LogP contribution in [0, 0.1) is 5.82 Å². The van der Waals surface area contributed by atoms with Gasteiger partial charge >= 0.3 is 18.1 Å². The minimum Gasteiger partial charge on any atom is -0.424 e. The summed E-state index contributed by atoms with van der Waals surface area (Å²) < 4.78 is 80.7. The van der Waals surface area contributed by atoms with Gasteiger partial charge in [-0.3, -0.25) is 9.59 Å². The zero-order chi connectivity index (χ0) is 22.7. The molecular formula is C19H17F4NO5S. The minimum absolute atomic E-state index is 0.0356. The van der Waals surface area contributed by atoms with E-state index in [4.69, 9.17) is 0 Å². The molecule has 2 rings (SSSR count). The molecule has 6 nitrogen and oxygen atoms in total. The van der Waals surface area contributed by atoms with E-state index in [1.807, 2.05) is 0 Å². The Bertz CT molecular complexity index is 1050. The van der Waals surface area contributed by atoms with Crippen LogP contribution in [-0.4, -0.2) is 32.5 Å². The summed E-state index contributed by atoms with van der Waals surface area (Å²) in [5.74, 6) is -4.27. The molecule has 0 bridgehead atoms. The molecule has 0 aliphatic carbocycles. The van der Waals surface area contributed by atoms with Gasteiger partial charge in [-0.25, -0.2) is 12.8 Å². The quantitative estimate of drug-likeness (QED) is 0.417. The molecule has 0 saturated heterocycles. The average Bonchev–Trinajstić information content (AvgIpc) is 2.62. The number of sulfone groups is 1. The van der Waals surface area contributed by atoms with Crippen molar-refractivity contribution in [3.63, 3.8) is 0 Å². The maximum atomic E-state index is 14.0. The van der Waals surface area contributed by atoms with Gasteiger partial charge in [-0.15, -0.1) is 0 Å². The highest BCUT2D eigenvalue weighted by atomic mass is 32.2. The standard InChI is InChI=1S/C19H17F4NO5S/c1-11(24-18(26)19(21,22)23)9-13-3-5-14(6-4-13)30(27,28)15-7-8-17(16(20)10-15)29-12(2)25/h3-8,10-11H,9H2,1-2H3,(H,24,26)/t11-/m1/s1. The van der Waals surface area contributed by atoms with Gasteiger partial charge in [0.15, 0.2) is 11.6 Å². The Balaban J connectivity index is 2.16. The summed E-state index contributed by atoms with van der Waals surface area (Å²) in [5, 5.41) is 1.80. The van der Waals surface area contributed by atoms with E-state index in [0.717, 1.165) is 25.1 Å². The van der Waals surface area contributed by atoms with E-state index in [1.54, 1.807) is 5.32 Å². The van der Waals surface area contributed by atoms with Crippen LogP contribution in [0.25, 0.3) is 0 Å². The highest BCUT2D eigenvalue weighted by Gasteiger charge is 2.39. The van der Waals surface area contributed by atoms with Gasteiger partial charge in [-0.05, 0) is 49.2 Å². The van der Waals surface area contributed by atoms with E-state index in [-0.39, 0.29) is 16.2 Å². The summed E-state index contributed by atoms with van der Waals surface area (Å²) in [6.07, 6.45) is -4.96. The predicted octanol–water partition coefficient (Wildman–Crippen LogP) is 3.19. The molecule has 0 saturated carbocycles. The number of hydrogen-bond donors (Lipinski definition) is 1. The van der Waals surface area contributed by atoms with Crippen molar-refractivity contribution in [1.82, 2.24) is 5.32 Å². The van der Waals surface area contributed by atoms with Gasteiger partial charge in [0.1, 0.15) is 0 Å². The van der Waals surface area contributed by atoms with Crippen molar-refractivity contribution >= 4 is 21.7 Å². The van der Waals surface area contributed by atoms with Crippen LogP contribution in [0.4, 0.5) is 17.6 Å². The van der Waals surface area contributed by atoms with Gasteiger partial charge in [-0.2, -0.15) is 13.2 Å². The lowest BCUT2D eigenvalue weighted by molar-refractivity contribution is -0.174. The number of ether oxygens (including phenoxy) is 1. The first kappa shape index (κ1) is 23.3. The first-order valence-corrected chi connectivity index (χ1v) is 9.98. The zero-order valence-corrected chi connectivity index (χ0v) is 16.6. The SMILES string of the molecule is CC(=O)Oc1ccc(S(=O)(=O)c2ccc(C[C@@H](C)NC(=O)C(F)(F)F)cc2)cc1F. The molecular weight excluding hydrogens is 430 g/mol. The molecule has 0 radical (unpaired) electrons. The Morgan fingerprint density at radius 3 is 2.13 bits per heavy atom. The summed E-state index contributed by atoms with van der Waals surface area (Å²) in [6, 6.07) is 7.18. The van der Waals surface area contributed by atoms with Crippen molar-refractivity contribution in [2.45, 2.75) is 42.3 Å². The largest absolute Gasteiger partial charge is 0.471 e. The van der Waals surface area contributed by atoms with Crippen molar-refractivity contribution in [3.05, 3.63) is 53.8 Å². The molecule has 162 valence electrons.